The summed E-state index contributed by atoms with van der Waals surface area (Å²) >= 11 is 0. The maximum absolute atomic E-state index is 11.7. The first-order chi connectivity index (χ1) is 8.84. The Labute approximate surface area is 117 Å². The quantitative estimate of drug-likeness (QED) is 0.306. The smallest absolute Gasteiger partial charge is 0.233 e. The summed E-state index contributed by atoms with van der Waals surface area (Å²) in [5.41, 5.74) is 0. The van der Waals surface area contributed by atoms with Crippen molar-refractivity contribution in [1.29, 1.82) is 0 Å². The topological polar surface area (TPSA) is 49.4 Å². The third-order valence-corrected chi connectivity index (χ3v) is 4.90. The minimum atomic E-state index is 0.262. The summed E-state index contributed by atoms with van der Waals surface area (Å²) in [6, 6.07) is 0. The Morgan fingerprint density at radius 3 is 2.94 bits per heavy atom. The van der Waals surface area contributed by atoms with Crippen LogP contribution >= 0.6 is 22.0 Å². The molecule has 0 spiro atoms. The molecule has 104 valence electrons. The number of hydrogen-bond donors (Lipinski definition) is 1. The highest BCUT2D eigenvalue weighted by atomic mass is 33.1. The molecular weight excluding hydrogens is 268 g/mol. The predicted molar refractivity (Wildman–Crippen MR) is 77.9 cm³/mol. The van der Waals surface area contributed by atoms with Gasteiger partial charge in [-0.25, -0.2) is 0 Å². The van der Waals surface area contributed by atoms with Gasteiger partial charge in [0.05, 0.1) is 0 Å². The molecule has 1 fully saturated rings. The van der Waals surface area contributed by atoms with Crippen molar-refractivity contribution in [1.82, 2.24) is 9.03 Å². The van der Waals surface area contributed by atoms with Crippen molar-refractivity contribution in [3.8, 4) is 0 Å². The molecule has 0 saturated carbocycles. The molecule has 1 aliphatic rings. The summed E-state index contributed by atoms with van der Waals surface area (Å²) in [6.07, 6.45) is 8.79. The van der Waals surface area contributed by atoms with Crippen LogP contribution in [-0.4, -0.2) is 29.6 Å². The van der Waals surface area contributed by atoms with Gasteiger partial charge in [-0.2, -0.15) is 0 Å². The van der Waals surface area contributed by atoms with Crippen LogP contribution in [0.2, 0.25) is 0 Å². The van der Waals surface area contributed by atoms with Gasteiger partial charge in [-0.15, -0.1) is 0 Å². The Bertz CT molecular complexity index is 252. The fraction of sp³-hybridized carbons (Fsp3) is 0.833. The van der Waals surface area contributed by atoms with Gasteiger partial charge in [-0.1, -0.05) is 12.8 Å². The van der Waals surface area contributed by atoms with Gasteiger partial charge in [0.15, 0.2) is 0 Å². The monoisotopic (exact) mass is 290 g/mol. The molecule has 0 radical (unpaired) electrons. The van der Waals surface area contributed by atoms with Crippen molar-refractivity contribution in [2.75, 3.05) is 13.1 Å². The number of amides is 1. The first-order valence-electron chi connectivity index (χ1n) is 6.65. The van der Waals surface area contributed by atoms with E-state index in [1.54, 1.807) is 0 Å². The van der Waals surface area contributed by atoms with E-state index >= 15 is 0 Å². The van der Waals surface area contributed by atoms with E-state index in [0.717, 1.165) is 57.9 Å². The number of rotatable bonds is 9. The lowest BCUT2D eigenvalue weighted by molar-refractivity contribution is -0.125. The molecule has 0 unspecified atom stereocenters. The zero-order valence-electron chi connectivity index (χ0n) is 10.7. The van der Waals surface area contributed by atoms with E-state index in [1.165, 1.54) is 22.0 Å². The molecule has 0 aromatic carbocycles. The van der Waals surface area contributed by atoms with Gasteiger partial charge in [-0.05, 0) is 25.7 Å². The van der Waals surface area contributed by atoms with Crippen molar-refractivity contribution in [2.45, 2.75) is 51.4 Å². The Morgan fingerprint density at radius 2 is 2.11 bits per heavy atom. The van der Waals surface area contributed by atoms with Crippen LogP contribution in [0.25, 0.3) is 0 Å². The zero-order valence-corrected chi connectivity index (χ0v) is 12.4. The number of nitrogens with zero attached hydrogens (tertiary/aromatic N) is 1. The van der Waals surface area contributed by atoms with Crippen LogP contribution in [0.4, 0.5) is 0 Å². The summed E-state index contributed by atoms with van der Waals surface area (Å²) in [7, 11) is 3.06. The number of carbonyl (C=O) groups excluding carboxylic acids is 2. The van der Waals surface area contributed by atoms with E-state index in [4.69, 9.17) is 0 Å². The average Bonchev–Trinajstić information content (AvgIpc) is 2.58. The molecular formula is C12H22N2O2S2. The lowest BCUT2D eigenvalue weighted by Crippen LogP contribution is -2.22. The van der Waals surface area contributed by atoms with E-state index in [0.29, 0.717) is 12.8 Å². The Kier molecular flexibility index (Phi) is 9.42. The van der Waals surface area contributed by atoms with Crippen LogP contribution in [0.5, 0.6) is 0 Å². The lowest BCUT2D eigenvalue weighted by atomic mass is 10.2. The molecule has 0 atom stereocenters. The minimum Gasteiger partial charge on any atom is -0.303 e. The maximum atomic E-state index is 11.7. The van der Waals surface area contributed by atoms with Crippen LogP contribution in [0, 0.1) is 0 Å². The molecule has 0 aliphatic carbocycles. The van der Waals surface area contributed by atoms with Crippen LogP contribution in [0.1, 0.15) is 51.4 Å². The molecule has 4 nitrogen and oxygen atoms in total. The summed E-state index contributed by atoms with van der Waals surface area (Å²) in [6.45, 7) is 1.80. The number of carbonyl (C=O) groups is 2. The molecule has 0 bridgehead atoms. The summed E-state index contributed by atoms with van der Waals surface area (Å²) in [4.78, 5) is 21.8. The van der Waals surface area contributed by atoms with Gasteiger partial charge in [-0.3, -0.25) is 13.8 Å². The van der Waals surface area contributed by atoms with Crippen molar-refractivity contribution in [3.05, 3.63) is 0 Å². The van der Waals surface area contributed by atoms with Gasteiger partial charge in [0, 0.05) is 47.9 Å². The number of unbranched alkanes of at least 4 members (excludes halogenated alkanes) is 3. The van der Waals surface area contributed by atoms with Crippen LogP contribution in [0.3, 0.4) is 0 Å². The van der Waals surface area contributed by atoms with Gasteiger partial charge in [0.1, 0.15) is 6.29 Å². The first-order valence-corrected chi connectivity index (χ1v) is 8.76. The highest BCUT2D eigenvalue weighted by molar-refractivity contribution is 8.75. The number of aldehydes is 1. The van der Waals surface area contributed by atoms with E-state index in [1.807, 2.05) is 4.31 Å². The third kappa shape index (κ3) is 7.28. The second kappa shape index (κ2) is 10.7. The van der Waals surface area contributed by atoms with Gasteiger partial charge < -0.3 is 4.79 Å². The second-order valence-electron chi connectivity index (χ2n) is 4.37. The summed E-state index contributed by atoms with van der Waals surface area (Å²) < 4.78 is 5.12. The Hall–Kier alpha value is -0.200. The number of nitrogens with one attached hydrogen (secondary N) is 1. The lowest BCUT2D eigenvalue weighted by Gasteiger charge is -2.17. The fourth-order valence-electron chi connectivity index (χ4n) is 1.75. The molecule has 0 aromatic heterocycles. The predicted octanol–water partition coefficient (Wildman–Crippen LogP) is 2.95. The van der Waals surface area contributed by atoms with Crippen LogP contribution in [0.15, 0.2) is 0 Å². The van der Waals surface area contributed by atoms with E-state index < -0.39 is 0 Å². The Morgan fingerprint density at radius 1 is 1.22 bits per heavy atom. The van der Waals surface area contributed by atoms with E-state index in [-0.39, 0.29) is 5.91 Å². The molecule has 0 aromatic rings. The zero-order chi connectivity index (χ0) is 13.1. The van der Waals surface area contributed by atoms with Gasteiger partial charge in [0.2, 0.25) is 5.91 Å². The molecule has 1 amide bonds. The number of hydrogen-bond acceptors (Lipinski definition) is 5. The molecule has 1 rings (SSSR count). The van der Waals surface area contributed by atoms with Gasteiger partial charge in [0.25, 0.3) is 0 Å². The maximum Gasteiger partial charge on any atom is 0.233 e. The molecule has 1 N–H and O–H groups in total. The highest BCUT2D eigenvalue weighted by Gasteiger charge is 2.17. The average molecular weight is 290 g/mol. The van der Waals surface area contributed by atoms with Gasteiger partial charge >= 0.3 is 0 Å². The third-order valence-electron chi connectivity index (χ3n) is 2.82. The largest absolute Gasteiger partial charge is 0.303 e. The van der Waals surface area contributed by atoms with E-state index in [9.17, 15) is 9.59 Å². The van der Waals surface area contributed by atoms with Crippen molar-refractivity contribution in [2.24, 2.45) is 0 Å². The molecule has 1 aliphatic heterocycles. The van der Waals surface area contributed by atoms with Crippen molar-refractivity contribution >= 4 is 34.2 Å². The Balaban J connectivity index is 1.96. The van der Waals surface area contributed by atoms with E-state index in [2.05, 4.69) is 4.72 Å². The molecule has 6 heteroatoms. The second-order valence-corrected chi connectivity index (χ2v) is 6.37. The van der Waals surface area contributed by atoms with Crippen molar-refractivity contribution < 1.29 is 9.59 Å². The molecule has 1 heterocycles. The van der Waals surface area contributed by atoms with Crippen molar-refractivity contribution in [3.63, 3.8) is 0 Å². The van der Waals surface area contributed by atoms with Crippen LogP contribution in [-0.2, 0) is 9.59 Å². The first kappa shape index (κ1) is 15.9. The molecule has 18 heavy (non-hydrogen) atoms. The standard InChI is InChI=1S/C12H22N2O2S2/c15-11-7-2-1-5-9-13-17-18-14-10-6-3-4-8-12(14)16/h11,13H,1-10H2. The van der Waals surface area contributed by atoms with Crippen LogP contribution < -0.4 is 4.72 Å². The summed E-state index contributed by atoms with van der Waals surface area (Å²) in [5.74, 6) is 0.262. The normalized spacial score (nSPS) is 16.7. The molecule has 1 saturated heterocycles. The SMILES string of the molecule is O=CCCCCCNSSN1CCCCCC1=O. The highest BCUT2D eigenvalue weighted by Crippen LogP contribution is 2.26. The minimum absolute atomic E-state index is 0.262. The fourth-order valence-corrected chi connectivity index (χ4v) is 3.65. The summed E-state index contributed by atoms with van der Waals surface area (Å²) in [5, 5.41) is 0.